The van der Waals surface area contributed by atoms with Crippen molar-refractivity contribution in [3.63, 3.8) is 0 Å². The third kappa shape index (κ3) is 1.44. The summed E-state index contributed by atoms with van der Waals surface area (Å²) < 4.78 is 0. The fourth-order valence-electron chi connectivity index (χ4n) is 1.68. The molecule has 0 radical (unpaired) electrons. The van der Waals surface area contributed by atoms with Gasteiger partial charge in [-0.2, -0.15) is 0 Å². The average Bonchev–Trinajstić information content (AvgIpc) is 2.23. The van der Waals surface area contributed by atoms with E-state index in [0.29, 0.717) is 6.42 Å². The van der Waals surface area contributed by atoms with E-state index in [2.05, 4.69) is 6.58 Å². The smallest absolute Gasteiger partial charge is 0.0724 e. The molecule has 72 valence electrons. The molecule has 2 heteroatoms. The van der Waals surface area contributed by atoms with Gasteiger partial charge in [-0.1, -0.05) is 30.4 Å². The summed E-state index contributed by atoms with van der Waals surface area (Å²) in [5.41, 5.74) is 2.94. The topological polar surface area (TPSA) is 23.5 Å². The van der Waals surface area contributed by atoms with Crippen LogP contribution < -0.4 is 5.06 Å². The second-order valence-corrected chi connectivity index (χ2v) is 3.33. The van der Waals surface area contributed by atoms with Gasteiger partial charge in [0.05, 0.1) is 5.69 Å². The van der Waals surface area contributed by atoms with Crippen LogP contribution in [0.15, 0.2) is 48.7 Å². The van der Waals surface area contributed by atoms with E-state index >= 15 is 0 Å². The molecule has 1 heterocycles. The number of fused-ring (bicyclic) bond motifs is 1. The van der Waals surface area contributed by atoms with Crippen LogP contribution in [0.1, 0.15) is 12.0 Å². The maximum Gasteiger partial charge on any atom is 0.0724 e. The van der Waals surface area contributed by atoms with Gasteiger partial charge in [-0.3, -0.25) is 5.21 Å². The summed E-state index contributed by atoms with van der Waals surface area (Å²) in [6, 6.07) is 7.86. The van der Waals surface area contributed by atoms with E-state index in [1.165, 1.54) is 5.06 Å². The Labute approximate surface area is 83.7 Å². The van der Waals surface area contributed by atoms with Crippen LogP contribution in [0.5, 0.6) is 0 Å². The second kappa shape index (κ2) is 3.68. The predicted octanol–water partition coefficient (Wildman–Crippen LogP) is 2.90. The highest BCUT2D eigenvalue weighted by molar-refractivity contribution is 5.58. The van der Waals surface area contributed by atoms with Crippen molar-refractivity contribution in [1.82, 2.24) is 0 Å². The molecule has 2 nitrogen and oxygen atoms in total. The first kappa shape index (κ1) is 9.03. The van der Waals surface area contributed by atoms with Crippen LogP contribution >= 0.6 is 0 Å². The number of para-hydroxylation sites is 1. The van der Waals surface area contributed by atoms with Crippen molar-refractivity contribution in [2.45, 2.75) is 12.8 Å². The van der Waals surface area contributed by atoms with Gasteiger partial charge >= 0.3 is 0 Å². The standard InChI is InChI=1S/C12H13NO/c1-2-5-11-9-8-10-6-3-4-7-12(10)13(11)14/h2-4,6-7,9,14H,1,5,8H2. The number of anilines is 1. The molecule has 0 amide bonds. The Morgan fingerprint density at radius 3 is 3.00 bits per heavy atom. The fourth-order valence-corrected chi connectivity index (χ4v) is 1.68. The minimum absolute atomic E-state index is 0.699. The SMILES string of the molecule is C=CCC1=CCc2ccccc2N1O. The lowest BCUT2D eigenvalue weighted by Crippen LogP contribution is -2.21. The second-order valence-electron chi connectivity index (χ2n) is 3.33. The molecule has 0 atom stereocenters. The van der Waals surface area contributed by atoms with E-state index in [1.54, 1.807) is 6.08 Å². The highest BCUT2D eigenvalue weighted by atomic mass is 16.5. The monoisotopic (exact) mass is 187 g/mol. The average molecular weight is 187 g/mol. The number of hydroxylamine groups is 1. The lowest BCUT2D eigenvalue weighted by atomic mass is 10.0. The molecule has 1 aliphatic heterocycles. The Morgan fingerprint density at radius 1 is 1.43 bits per heavy atom. The number of hydrogen-bond donors (Lipinski definition) is 1. The summed E-state index contributed by atoms with van der Waals surface area (Å²) in [4.78, 5) is 0. The van der Waals surface area contributed by atoms with E-state index in [0.717, 1.165) is 23.4 Å². The van der Waals surface area contributed by atoms with E-state index in [-0.39, 0.29) is 0 Å². The number of benzene rings is 1. The van der Waals surface area contributed by atoms with Gasteiger partial charge in [0.1, 0.15) is 0 Å². The molecule has 0 aliphatic carbocycles. The van der Waals surface area contributed by atoms with Gasteiger partial charge in [0.2, 0.25) is 0 Å². The van der Waals surface area contributed by atoms with Crippen LogP contribution in [0.3, 0.4) is 0 Å². The minimum Gasteiger partial charge on any atom is -0.284 e. The first-order valence-corrected chi connectivity index (χ1v) is 4.70. The zero-order valence-electron chi connectivity index (χ0n) is 7.98. The van der Waals surface area contributed by atoms with Crippen LogP contribution in [0, 0.1) is 0 Å². The first-order chi connectivity index (χ1) is 6.83. The largest absolute Gasteiger partial charge is 0.284 e. The molecular weight excluding hydrogens is 174 g/mol. The molecule has 1 N–H and O–H groups in total. The zero-order valence-corrected chi connectivity index (χ0v) is 7.98. The molecule has 0 bridgehead atoms. The summed E-state index contributed by atoms with van der Waals surface area (Å²) in [5, 5.41) is 11.1. The minimum atomic E-state index is 0.699. The molecule has 0 saturated carbocycles. The maximum absolute atomic E-state index is 9.87. The van der Waals surface area contributed by atoms with Crippen molar-refractivity contribution < 1.29 is 5.21 Å². The van der Waals surface area contributed by atoms with Gasteiger partial charge < -0.3 is 0 Å². The number of allylic oxidation sites excluding steroid dienone is 2. The summed E-state index contributed by atoms with van der Waals surface area (Å²) in [7, 11) is 0. The normalized spacial score (nSPS) is 14.6. The Kier molecular flexibility index (Phi) is 2.37. The van der Waals surface area contributed by atoms with Crippen molar-refractivity contribution in [3.8, 4) is 0 Å². The summed E-state index contributed by atoms with van der Waals surface area (Å²) in [6.07, 6.45) is 5.41. The van der Waals surface area contributed by atoms with Crippen LogP contribution in [-0.2, 0) is 6.42 Å². The van der Waals surface area contributed by atoms with Crippen molar-refractivity contribution >= 4 is 5.69 Å². The number of nitrogens with zero attached hydrogens (tertiary/aromatic N) is 1. The molecule has 0 unspecified atom stereocenters. The zero-order chi connectivity index (χ0) is 9.97. The van der Waals surface area contributed by atoms with Gasteiger partial charge in [-0.15, -0.1) is 6.58 Å². The molecule has 1 aromatic carbocycles. The van der Waals surface area contributed by atoms with E-state index < -0.39 is 0 Å². The third-order valence-electron chi connectivity index (χ3n) is 2.40. The molecule has 1 aliphatic rings. The Morgan fingerprint density at radius 2 is 2.21 bits per heavy atom. The Balaban J connectivity index is 2.34. The van der Waals surface area contributed by atoms with Crippen LogP contribution in [0.25, 0.3) is 0 Å². The molecule has 0 saturated heterocycles. The summed E-state index contributed by atoms with van der Waals surface area (Å²) in [6.45, 7) is 3.67. The lowest BCUT2D eigenvalue weighted by Gasteiger charge is -2.26. The summed E-state index contributed by atoms with van der Waals surface area (Å²) in [5.74, 6) is 0. The molecule has 0 fully saturated rings. The highest BCUT2D eigenvalue weighted by Crippen LogP contribution is 2.28. The molecule has 0 aromatic heterocycles. The van der Waals surface area contributed by atoms with Gasteiger partial charge in [-0.05, 0) is 18.1 Å². The molecule has 14 heavy (non-hydrogen) atoms. The van der Waals surface area contributed by atoms with Crippen molar-refractivity contribution in [2.24, 2.45) is 0 Å². The van der Waals surface area contributed by atoms with Gasteiger partial charge in [0.15, 0.2) is 0 Å². The Bertz CT molecular complexity index is 382. The fraction of sp³-hybridized carbons (Fsp3) is 0.167. The number of hydrogen-bond acceptors (Lipinski definition) is 2. The quantitative estimate of drug-likeness (QED) is 0.719. The lowest BCUT2D eigenvalue weighted by molar-refractivity contribution is 0.278. The third-order valence-corrected chi connectivity index (χ3v) is 2.40. The molecule has 2 rings (SSSR count). The van der Waals surface area contributed by atoms with E-state index in [9.17, 15) is 5.21 Å². The predicted molar refractivity (Wildman–Crippen MR) is 57.3 cm³/mol. The highest BCUT2D eigenvalue weighted by Gasteiger charge is 2.15. The summed E-state index contributed by atoms with van der Waals surface area (Å²) >= 11 is 0. The van der Waals surface area contributed by atoms with Crippen molar-refractivity contribution in [3.05, 3.63) is 54.3 Å². The molecule has 1 aromatic rings. The Hall–Kier alpha value is -1.54. The van der Waals surface area contributed by atoms with Gasteiger partial charge in [0, 0.05) is 12.1 Å². The van der Waals surface area contributed by atoms with Crippen molar-refractivity contribution in [1.29, 1.82) is 0 Å². The van der Waals surface area contributed by atoms with Crippen LogP contribution in [-0.4, -0.2) is 5.21 Å². The van der Waals surface area contributed by atoms with Crippen LogP contribution in [0.2, 0.25) is 0 Å². The van der Waals surface area contributed by atoms with E-state index in [1.807, 2.05) is 30.3 Å². The maximum atomic E-state index is 9.87. The van der Waals surface area contributed by atoms with Crippen LogP contribution in [0.4, 0.5) is 5.69 Å². The van der Waals surface area contributed by atoms with Crippen molar-refractivity contribution in [2.75, 3.05) is 5.06 Å². The first-order valence-electron chi connectivity index (χ1n) is 4.70. The van der Waals surface area contributed by atoms with Gasteiger partial charge in [0.25, 0.3) is 0 Å². The molecule has 0 spiro atoms. The van der Waals surface area contributed by atoms with E-state index in [4.69, 9.17) is 0 Å². The van der Waals surface area contributed by atoms with Gasteiger partial charge in [-0.25, -0.2) is 5.06 Å². The molecular formula is C12H13NO. The number of rotatable bonds is 2.